The number of allylic oxidation sites excluding steroid dienone is 1. The maximum absolute atomic E-state index is 13.3. The van der Waals surface area contributed by atoms with Crippen molar-refractivity contribution in [2.75, 3.05) is 0 Å². The molecule has 0 saturated heterocycles. The van der Waals surface area contributed by atoms with E-state index in [1.54, 1.807) is 34.9 Å². The van der Waals surface area contributed by atoms with E-state index in [0.29, 0.717) is 11.1 Å². The molecule has 3 aromatic heterocycles. The van der Waals surface area contributed by atoms with E-state index in [0.717, 1.165) is 42.5 Å². The lowest BCUT2D eigenvalue weighted by Gasteiger charge is -2.07. The lowest BCUT2D eigenvalue weighted by atomic mass is 10.0. The minimum atomic E-state index is -0.239. The van der Waals surface area contributed by atoms with E-state index in [1.165, 1.54) is 0 Å². The number of thiazole rings is 2. The second-order valence-electron chi connectivity index (χ2n) is 8.25. The predicted octanol–water partition coefficient (Wildman–Crippen LogP) is 6.83. The Balaban J connectivity index is 1.41. The molecule has 1 aliphatic rings. The second-order valence-corrected chi connectivity index (χ2v) is 10.2. The molecule has 166 valence electrons. The first kappa shape index (κ1) is 20.2. The van der Waals surface area contributed by atoms with Crippen LogP contribution in [-0.2, 0) is 0 Å². The molecule has 0 unspecified atom stereocenters. The first-order chi connectivity index (χ1) is 17.2. The van der Waals surface area contributed by atoms with Crippen molar-refractivity contribution in [2.45, 2.75) is 0 Å². The van der Waals surface area contributed by atoms with Crippen LogP contribution >= 0.6 is 22.7 Å². The number of para-hydroxylation sites is 1. The first-order valence-corrected chi connectivity index (χ1v) is 12.7. The van der Waals surface area contributed by atoms with Gasteiger partial charge in [0.25, 0.3) is 0 Å². The average Bonchev–Trinajstić information content (AvgIpc) is 3.65. The topological polar surface area (TPSA) is 64.8 Å². The molecule has 0 spiro atoms. The maximum Gasteiger partial charge on any atom is 0.197 e. The van der Waals surface area contributed by atoms with Crippen LogP contribution in [0.15, 0.2) is 89.9 Å². The molecule has 3 aromatic carbocycles. The van der Waals surface area contributed by atoms with Crippen molar-refractivity contribution >= 4 is 61.4 Å². The van der Waals surface area contributed by atoms with Crippen molar-refractivity contribution in [1.29, 1.82) is 0 Å². The van der Waals surface area contributed by atoms with E-state index >= 15 is 0 Å². The highest BCUT2D eigenvalue weighted by molar-refractivity contribution is 7.24. The van der Waals surface area contributed by atoms with E-state index in [2.05, 4.69) is 4.98 Å². The third-order valence-corrected chi connectivity index (χ3v) is 8.08. The van der Waals surface area contributed by atoms with E-state index in [4.69, 9.17) is 4.98 Å². The Hall–Kier alpha value is -4.20. The van der Waals surface area contributed by atoms with Crippen LogP contribution in [0.4, 0.5) is 0 Å². The molecule has 0 saturated carbocycles. The van der Waals surface area contributed by atoms with Gasteiger partial charge in [-0.05, 0) is 47.2 Å². The SMILES string of the molecule is O=C1C(=Cc2cc3sc(-c4nccs4)nc3n2-c2ccccc2)C(=O)c2cc3ccccc3cc21. The smallest absolute Gasteiger partial charge is 0.197 e. The number of rotatable bonds is 3. The fraction of sp³-hybridized carbons (Fsp3) is 0. The van der Waals surface area contributed by atoms with Crippen molar-refractivity contribution in [3.63, 3.8) is 0 Å². The highest BCUT2D eigenvalue weighted by atomic mass is 32.1. The summed E-state index contributed by atoms with van der Waals surface area (Å²) in [6, 6.07) is 23.3. The molecule has 6 aromatic rings. The minimum Gasteiger partial charge on any atom is -0.294 e. The number of benzene rings is 3. The molecule has 35 heavy (non-hydrogen) atoms. The summed E-state index contributed by atoms with van der Waals surface area (Å²) >= 11 is 3.10. The number of nitrogens with zero attached hydrogens (tertiary/aromatic N) is 3. The van der Waals surface area contributed by atoms with Gasteiger partial charge in [0.2, 0.25) is 0 Å². The minimum absolute atomic E-state index is 0.179. The largest absolute Gasteiger partial charge is 0.294 e. The van der Waals surface area contributed by atoms with Crippen molar-refractivity contribution in [2.24, 2.45) is 0 Å². The van der Waals surface area contributed by atoms with Crippen LogP contribution in [0.25, 0.3) is 42.9 Å². The quantitative estimate of drug-likeness (QED) is 0.202. The molecule has 0 N–H and O–H groups in total. The molecule has 3 heterocycles. The molecule has 0 atom stereocenters. The number of hydrogen-bond donors (Lipinski definition) is 0. The molecule has 0 amide bonds. The number of carbonyl (C=O) groups excluding carboxylic acids is 2. The number of Topliss-reactive ketones (excluding diaryl/α,β-unsaturated/α-hetero) is 2. The zero-order valence-electron chi connectivity index (χ0n) is 18.1. The summed E-state index contributed by atoms with van der Waals surface area (Å²) in [5, 5.41) is 5.54. The van der Waals surface area contributed by atoms with Crippen LogP contribution in [0, 0.1) is 0 Å². The summed E-state index contributed by atoms with van der Waals surface area (Å²) in [5.74, 6) is -0.479. The van der Waals surface area contributed by atoms with E-state index < -0.39 is 0 Å². The van der Waals surface area contributed by atoms with Crippen molar-refractivity contribution in [3.8, 4) is 15.7 Å². The lowest BCUT2D eigenvalue weighted by molar-refractivity contribution is 0.0990. The number of aromatic nitrogens is 3. The van der Waals surface area contributed by atoms with Gasteiger partial charge in [0.15, 0.2) is 27.2 Å². The first-order valence-electron chi connectivity index (χ1n) is 11.0. The fourth-order valence-corrected chi connectivity index (χ4v) is 6.24. The number of hydrogen-bond acceptors (Lipinski definition) is 6. The van der Waals surface area contributed by atoms with Gasteiger partial charge in [-0.25, -0.2) is 9.97 Å². The third kappa shape index (κ3) is 3.13. The van der Waals surface area contributed by atoms with Crippen LogP contribution in [0.1, 0.15) is 26.4 Å². The van der Waals surface area contributed by atoms with Crippen LogP contribution in [0.3, 0.4) is 0 Å². The highest BCUT2D eigenvalue weighted by Crippen LogP contribution is 2.37. The zero-order chi connectivity index (χ0) is 23.5. The van der Waals surface area contributed by atoms with Crippen molar-refractivity contribution in [3.05, 3.63) is 107 Å². The Bertz CT molecular complexity index is 1770. The normalized spacial score (nSPS) is 13.2. The van der Waals surface area contributed by atoms with Gasteiger partial charge in [-0.3, -0.25) is 14.2 Å². The Kier molecular flexibility index (Phi) is 4.42. The molecule has 7 rings (SSSR count). The standard InChI is InChI=1S/C28H15N3O2S2/c32-24-20-12-16-6-4-5-7-17(16)13-21(20)25(33)22(24)14-19-15-23-26(31(19)18-8-2-1-3-9-18)30-28(35-23)27-29-10-11-34-27/h1-15H. The molecule has 0 fully saturated rings. The van der Waals surface area contributed by atoms with Gasteiger partial charge in [0.1, 0.15) is 0 Å². The molecule has 0 aliphatic heterocycles. The van der Waals surface area contributed by atoms with E-state index in [9.17, 15) is 9.59 Å². The van der Waals surface area contributed by atoms with Gasteiger partial charge < -0.3 is 0 Å². The molecule has 7 heteroatoms. The van der Waals surface area contributed by atoms with Gasteiger partial charge in [-0.2, -0.15) is 0 Å². The summed E-state index contributed by atoms with van der Waals surface area (Å²) < 4.78 is 2.96. The lowest BCUT2D eigenvalue weighted by Crippen LogP contribution is -2.03. The molecule has 0 bridgehead atoms. The van der Waals surface area contributed by atoms with Gasteiger partial charge >= 0.3 is 0 Å². The molecular weight excluding hydrogens is 474 g/mol. The van der Waals surface area contributed by atoms with Crippen LogP contribution < -0.4 is 0 Å². The number of fused-ring (bicyclic) bond motifs is 3. The van der Waals surface area contributed by atoms with Crippen LogP contribution in [0.2, 0.25) is 0 Å². The van der Waals surface area contributed by atoms with Crippen LogP contribution in [0.5, 0.6) is 0 Å². The van der Waals surface area contributed by atoms with Crippen molar-refractivity contribution in [1.82, 2.24) is 14.5 Å². The Morgan fingerprint density at radius 3 is 2.14 bits per heavy atom. The summed E-state index contributed by atoms with van der Waals surface area (Å²) in [6.45, 7) is 0. The molecule has 1 aliphatic carbocycles. The monoisotopic (exact) mass is 489 g/mol. The van der Waals surface area contributed by atoms with Gasteiger partial charge in [0, 0.05) is 28.4 Å². The van der Waals surface area contributed by atoms with Gasteiger partial charge in [-0.1, -0.05) is 42.5 Å². The summed E-state index contributed by atoms with van der Waals surface area (Å²) in [7, 11) is 0. The number of ketones is 2. The summed E-state index contributed by atoms with van der Waals surface area (Å²) in [6.07, 6.45) is 3.48. The fourth-order valence-electron chi connectivity index (χ4n) is 4.56. The van der Waals surface area contributed by atoms with E-state index in [-0.39, 0.29) is 17.1 Å². The van der Waals surface area contributed by atoms with Gasteiger partial charge in [0.05, 0.1) is 16.0 Å². The Labute approximate surface area is 207 Å². The predicted molar refractivity (Wildman–Crippen MR) is 141 cm³/mol. The zero-order valence-corrected chi connectivity index (χ0v) is 19.8. The molecule has 5 nitrogen and oxygen atoms in total. The van der Waals surface area contributed by atoms with E-state index in [1.807, 2.05) is 82.7 Å². The maximum atomic E-state index is 13.3. The summed E-state index contributed by atoms with van der Waals surface area (Å²) in [4.78, 5) is 36.0. The second kappa shape index (κ2) is 7.66. The highest BCUT2D eigenvalue weighted by Gasteiger charge is 2.34. The summed E-state index contributed by atoms with van der Waals surface area (Å²) in [5.41, 5.74) is 3.53. The van der Waals surface area contributed by atoms with Crippen LogP contribution in [-0.4, -0.2) is 26.1 Å². The van der Waals surface area contributed by atoms with Crippen molar-refractivity contribution < 1.29 is 9.59 Å². The van der Waals surface area contributed by atoms with Gasteiger partial charge in [-0.15, -0.1) is 22.7 Å². The third-order valence-electron chi connectivity index (χ3n) is 6.17. The average molecular weight is 490 g/mol. The molecular formula is C28H15N3O2S2. The number of carbonyl (C=O) groups is 2. The molecule has 0 radical (unpaired) electrons. The Morgan fingerprint density at radius 1 is 0.800 bits per heavy atom. The Morgan fingerprint density at radius 2 is 1.49 bits per heavy atom.